The van der Waals surface area contributed by atoms with Crippen LogP contribution in [0.5, 0.6) is 17.7 Å². The van der Waals surface area contributed by atoms with Crippen LogP contribution in [0.2, 0.25) is 0 Å². The largest absolute Gasteiger partial charge is 0.494 e. The lowest BCUT2D eigenvalue weighted by molar-refractivity contribution is 0.102. The molecule has 0 bridgehead atoms. The van der Waals surface area contributed by atoms with Gasteiger partial charge in [-0.2, -0.15) is 0 Å². The normalized spacial score (nSPS) is 13.4. The Hall–Kier alpha value is -3.89. The average Bonchev–Trinajstić information content (AvgIpc) is 3.51. The van der Waals surface area contributed by atoms with E-state index in [9.17, 15) is 19.5 Å². The molecule has 0 atom stereocenters. The lowest BCUT2D eigenvalue weighted by atomic mass is 10.0. The van der Waals surface area contributed by atoms with Crippen molar-refractivity contribution < 1.29 is 19.1 Å². The van der Waals surface area contributed by atoms with Gasteiger partial charge < -0.3 is 19.6 Å². The number of ether oxygens (including phenoxy) is 1. The summed E-state index contributed by atoms with van der Waals surface area (Å²) in [6.45, 7) is 3.85. The van der Waals surface area contributed by atoms with Crippen molar-refractivity contribution in [2.45, 2.75) is 38.5 Å². The second-order valence-corrected chi connectivity index (χ2v) is 8.04. The van der Waals surface area contributed by atoms with Crippen molar-refractivity contribution in [2.24, 2.45) is 14.1 Å². The smallest absolute Gasteiger partial charge is 0.420 e. The van der Waals surface area contributed by atoms with E-state index in [0.29, 0.717) is 23.2 Å². The minimum Gasteiger partial charge on any atom is -0.494 e. The van der Waals surface area contributed by atoms with Crippen LogP contribution >= 0.6 is 0 Å². The number of carbonyl (C=O) groups is 1. The molecule has 2 heterocycles. The molecule has 1 amide bonds. The number of carbonyl (C=O) groups excluding carboxylic acids is 1. The molecule has 1 aliphatic rings. The molecule has 168 valence electrons. The van der Waals surface area contributed by atoms with Crippen LogP contribution in [-0.2, 0) is 14.1 Å². The monoisotopic (exact) mass is 441 g/mol. The van der Waals surface area contributed by atoms with Crippen molar-refractivity contribution >= 4 is 11.6 Å². The van der Waals surface area contributed by atoms with Crippen LogP contribution in [0.15, 0.2) is 32.2 Å². The average molecular weight is 441 g/mol. The van der Waals surface area contributed by atoms with Gasteiger partial charge in [0.1, 0.15) is 5.75 Å². The van der Waals surface area contributed by atoms with Crippen LogP contribution in [0.1, 0.15) is 60.3 Å². The van der Waals surface area contributed by atoms with Gasteiger partial charge in [0.2, 0.25) is 11.8 Å². The molecule has 1 aliphatic carbocycles. The molecule has 0 radical (unpaired) electrons. The maximum Gasteiger partial charge on any atom is 0.420 e. The van der Waals surface area contributed by atoms with Crippen molar-refractivity contribution in [1.82, 2.24) is 19.3 Å². The number of benzene rings is 1. The van der Waals surface area contributed by atoms with Crippen molar-refractivity contribution in [3.63, 3.8) is 0 Å². The standard InChI is InChI=1S/C21H23N5O6/c1-10(2)13-9-12(31-20-24-23-17(32-20)11-5-6-11)7-8-14(13)22-16(27)15-18(28)25(3)21(30)26(4)19(15)29/h7-11,28H,5-6H2,1-4H3,(H,22,27). The van der Waals surface area contributed by atoms with E-state index >= 15 is 0 Å². The van der Waals surface area contributed by atoms with Gasteiger partial charge >= 0.3 is 11.8 Å². The molecule has 11 nitrogen and oxygen atoms in total. The highest BCUT2D eigenvalue weighted by atomic mass is 16.6. The number of amides is 1. The molecule has 2 N–H and O–H groups in total. The Balaban J connectivity index is 1.62. The number of anilines is 1. The zero-order chi connectivity index (χ0) is 23.2. The molecular formula is C21H23N5O6. The molecule has 32 heavy (non-hydrogen) atoms. The Morgan fingerprint density at radius 2 is 1.94 bits per heavy atom. The highest BCUT2D eigenvalue weighted by Crippen LogP contribution is 2.40. The highest BCUT2D eigenvalue weighted by Gasteiger charge is 2.30. The van der Waals surface area contributed by atoms with Gasteiger partial charge in [-0.05, 0) is 42.5 Å². The van der Waals surface area contributed by atoms with Crippen LogP contribution in [0.25, 0.3) is 0 Å². The van der Waals surface area contributed by atoms with E-state index in [1.54, 1.807) is 18.2 Å². The third kappa shape index (κ3) is 3.88. The first-order chi connectivity index (χ1) is 15.2. The molecule has 4 rings (SSSR count). The number of nitrogens with zero attached hydrogens (tertiary/aromatic N) is 4. The zero-order valence-corrected chi connectivity index (χ0v) is 18.1. The highest BCUT2D eigenvalue weighted by molar-refractivity contribution is 6.06. The summed E-state index contributed by atoms with van der Waals surface area (Å²) in [5.74, 6) is -0.240. The number of nitrogens with one attached hydrogen (secondary N) is 1. The number of hydrogen-bond donors (Lipinski definition) is 2. The summed E-state index contributed by atoms with van der Waals surface area (Å²) in [5.41, 5.74) is -1.00. The van der Waals surface area contributed by atoms with Gasteiger partial charge in [-0.1, -0.05) is 18.9 Å². The lowest BCUT2D eigenvalue weighted by Crippen LogP contribution is -2.41. The Morgan fingerprint density at radius 3 is 2.59 bits per heavy atom. The molecule has 0 aliphatic heterocycles. The van der Waals surface area contributed by atoms with Gasteiger partial charge in [0.05, 0.1) is 0 Å². The fourth-order valence-corrected chi connectivity index (χ4v) is 3.27. The summed E-state index contributed by atoms with van der Waals surface area (Å²) in [6.07, 6.45) is 2.10. The summed E-state index contributed by atoms with van der Waals surface area (Å²) in [4.78, 5) is 37.2. The Labute approximate surface area is 182 Å². The zero-order valence-electron chi connectivity index (χ0n) is 18.1. The predicted molar refractivity (Wildman–Crippen MR) is 113 cm³/mol. The molecule has 3 aromatic rings. The Morgan fingerprint density at radius 1 is 1.22 bits per heavy atom. The molecule has 0 saturated heterocycles. The third-order valence-electron chi connectivity index (χ3n) is 5.31. The van der Waals surface area contributed by atoms with Gasteiger partial charge in [0.25, 0.3) is 11.5 Å². The molecule has 1 aromatic carbocycles. The molecule has 1 saturated carbocycles. The van der Waals surface area contributed by atoms with E-state index < -0.39 is 28.6 Å². The van der Waals surface area contributed by atoms with E-state index in [4.69, 9.17) is 9.15 Å². The maximum atomic E-state index is 12.8. The van der Waals surface area contributed by atoms with E-state index in [2.05, 4.69) is 15.5 Å². The molecule has 0 spiro atoms. The molecule has 0 unspecified atom stereocenters. The summed E-state index contributed by atoms with van der Waals surface area (Å²) in [7, 11) is 2.50. The number of hydrogen-bond acceptors (Lipinski definition) is 8. The second-order valence-electron chi connectivity index (χ2n) is 8.04. The Kier molecular flexibility index (Phi) is 5.33. The van der Waals surface area contributed by atoms with Crippen LogP contribution in [0, 0.1) is 0 Å². The predicted octanol–water partition coefficient (Wildman–Crippen LogP) is 2.22. The third-order valence-corrected chi connectivity index (χ3v) is 5.31. The first-order valence-electron chi connectivity index (χ1n) is 10.1. The molecule has 11 heteroatoms. The van der Waals surface area contributed by atoms with Crippen LogP contribution in [0.4, 0.5) is 5.69 Å². The van der Waals surface area contributed by atoms with Gasteiger partial charge in [0, 0.05) is 25.7 Å². The summed E-state index contributed by atoms with van der Waals surface area (Å²) < 4.78 is 12.8. The number of aromatic hydroxyl groups is 1. The van der Waals surface area contributed by atoms with Crippen molar-refractivity contribution in [2.75, 3.05) is 5.32 Å². The van der Waals surface area contributed by atoms with E-state index in [1.165, 1.54) is 14.1 Å². The lowest BCUT2D eigenvalue weighted by Gasteiger charge is -2.16. The van der Waals surface area contributed by atoms with Gasteiger partial charge in [-0.15, -0.1) is 5.10 Å². The van der Waals surface area contributed by atoms with Crippen molar-refractivity contribution in [3.05, 3.63) is 56.1 Å². The fraction of sp³-hybridized carbons (Fsp3) is 0.381. The SMILES string of the molecule is CC(C)c1cc(Oc2nnc(C3CC3)o2)ccc1NC(=O)c1c(O)n(C)c(=O)n(C)c1=O. The van der Waals surface area contributed by atoms with E-state index in [-0.39, 0.29) is 12.0 Å². The van der Waals surface area contributed by atoms with Crippen molar-refractivity contribution in [3.8, 4) is 17.7 Å². The number of aromatic nitrogens is 4. The van der Waals surface area contributed by atoms with Crippen LogP contribution in [-0.4, -0.2) is 30.3 Å². The summed E-state index contributed by atoms with van der Waals surface area (Å²) in [6, 6.07) is 4.95. The minimum atomic E-state index is -0.892. The van der Waals surface area contributed by atoms with Crippen molar-refractivity contribution in [1.29, 1.82) is 0 Å². The minimum absolute atomic E-state index is 0.0184. The van der Waals surface area contributed by atoms with Gasteiger partial charge in [-0.3, -0.25) is 18.7 Å². The molecule has 1 fully saturated rings. The molecule has 2 aromatic heterocycles. The maximum absolute atomic E-state index is 12.8. The van der Waals surface area contributed by atoms with Crippen LogP contribution < -0.4 is 21.3 Å². The first-order valence-corrected chi connectivity index (χ1v) is 10.1. The van der Waals surface area contributed by atoms with Crippen LogP contribution in [0.3, 0.4) is 0 Å². The number of rotatable bonds is 6. The fourth-order valence-electron chi connectivity index (χ4n) is 3.27. The van der Waals surface area contributed by atoms with E-state index in [0.717, 1.165) is 27.5 Å². The van der Waals surface area contributed by atoms with Gasteiger partial charge in [-0.25, -0.2) is 4.79 Å². The van der Waals surface area contributed by atoms with Gasteiger partial charge in [0.15, 0.2) is 5.56 Å². The first kappa shape index (κ1) is 21.3. The second kappa shape index (κ2) is 7.98. The van der Waals surface area contributed by atoms with E-state index in [1.807, 2.05) is 13.8 Å². The Bertz CT molecular complexity index is 1320. The molecular weight excluding hydrogens is 418 g/mol. The topological polar surface area (TPSA) is 141 Å². The summed E-state index contributed by atoms with van der Waals surface area (Å²) >= 11 is 0. The quantitative estimate of drug-likeness (QED) is 0.593. The summed E-state index contributed by atoms with van der Waals surface area (Å²) in [5, 5.41) is 20.7.